The highest BCUT2D eigenvalue weighted by Crippen LogP contribution is 2.24. The lowest BCUT2D eigenvalue weighted by Crippen LogP contribution is -1.98. The number of nitrogens with zero attached hydrogens (tertiary/aromatic N) is 1. The number of pyridine rings is 1. The number of para-hydroxylation sites is 1. The Labute approximate surface area is 125 Å². The molecule has 0 fully saturated rings. The van der Waals surface area contributed by atoms with Gasteiger partial charge in [0, 0.05) is 33.4 Å². The molecule has 3 nitrogen and oxygen atoms in total. The van der Waals surface area contributed by atoms with Crippen LogP contribution in [0.3, 0.4) is 0 Å². The predicted octanol–water partition coefficient (Wildman–Crippen LogP) is 4.16. The molecule has 0 unspecified atom stereocenters. The molecule has 0 aliphatic heterocycles. The third kappa shape index (κ3) is 2.75. The number of nitrogen functional groups attached to an aromatic ring is 1. The fourth-order valence-electron chi connectivity index (χ4n) is 2.11. The molecule has 4 heteroatoms. The fourth-order valence-corrected chi connectivity index (χ4v) is 2.60. The standard InChI is InChI=1S/C16H13BrN2O/c17-12-7-13(18)9-14(8-12)20-10-11-5-6-19-16-4-2-1-3-15(11)16/h1-9H,10,18H2. The highest BCUT2D eigenvalue weighted by Gasteiger charge is 2.03. The molecule has 3 aromatic rings. The van der Waals surface area contributed by atoms with E-state index in [2.05, 4.69) is 27.0 Å². The zero-order valence-electron chi connectivity index (χ0n) is 10.7. The van der Waals surface area contributed by atoms with Gasteiger partial charge in [-0.1, -0.05) is 34.1 Å². The molecule has 1 heterocycles. The number of rotatable bonds is 3. The Morgan fingerprint density at radius 2 is 1.95 bits per heavy atom. The average molecular weight is 329 g/mol. The lowest BCUT2D eigenvalue weighted by Gasteiger charge is -2.09. The molecule has 0 aliphatic carbocycles. The van der Waals surface area contributed by atoms with Gasteiger partial charge in [-0.05, 0) is 24.3 Å². The minimum atomic E-state index is 0.485. The summed E-state index contributed by atoms with van der Waals surface area (Å²) in [6.45, 7) is 0.485. The third-order valence-electron chi connectivity index (χ3n) is 3.03. The highest BCUT2D eigenvalue weighted by molar-refractivity contribution is 9.10. The number of fused-ring (bicyclic) bond motifs is 1. The SMILES string of the molecule is Nc1cc(Br)cc(OCc2ccnc3ccccc23)c1. The summed E-state index contributed by atoms with van der Waals surface area (Å²) in [4.78, 5) is 4.34. The first-order valence-corrected chi connectivity index (χ1v) is 7.03. The summed E-state index contributed by atoms with van der Waals surface area (Å²) in [7, 11) is 0. The normalized spacial score (nSPS) is 10.7. The quantitative estimate of drug-likeness (QED) is 0.734. The predicted molar refractivity (Wildman–Crippen MR) is 84.6 cm³/mol. The minimum absolute atomic E-state index is 0.485. The zero-order chi connectivity index (χ0) is 13.9. The van der Waals surface area contributed by atoms with Crippen molar-refractivity contribution in [3.8, 4) is 5.75 Å². The molecule has 0 atom stereocenters. The van der Waals surface area contributed by atoms with Crippen LogP contribution in [0, 0.1) is 0 Å². The van der Waals surface area contributed by atoms with Gasteiger partial charge in [-0.25, -0.2) is 0 Å². The molecule has 2 aromatic carbocycles. The monoisotopic (exact) mass is 328 g/mol. The van der Waals surface area contributed by atoms with Crippen LogP contribution in [0.1, 0.15) is 5.56 Å². The van der Waals surface area contributed by atoms with Gasteiger partial charge in [0.05, 0.1) is 5.52 Å². The van der Waals surface area contributed by atoms with Crippen LogP contribution in [0.15, 0.2) is 59.2 Å². The summed E-state index contributed by atoms with van der Waals surface area (Å²) in [5.41, 5.74) is 8.55. The van der Waals surface area contributed by atoms with Gasteiger partial charge < -0.3 is 10.5 Å². The van der Waals surface area contributed by atoms with Crippen LogP contribution in [0.4, 0.5) is 5.69 Å². The Bertz CT molecular complexity index is 733. The Morgan fingerprint density at radius 3 is 2.80 bits per heavy atom. The molecule has 0 saturated carbocycles. The number of ether oxygens (including phenoxy) is 1. The van der Waals surface area contributed by atoms with Crippen molar-refractivity contribution in [3.63, 3.8) is 0 Å². The lowest BCUT2D eigenvalue weighted by atomic mass is 10.1. The summed E-state index contributed by atoms with van der Waals surface area (Å²) >= 11 is 3.41. The van der Waals surface area contributed by atoms with Crippen molar-refractivity contribution < 1.29 is 4.74 Å². The molecule has 0 amide bonds. The van der Waals surface area contributed by atoms with Crippen molar-refractivity contribution in [2.24, 2.45) is 0 Å². The molecule has 2 N–H and O–H groups in total. The Morgan fingerprint density at radius 1 is 1.10 bits per heavy atom. The smallest absolute Gasteiger partial charge is 0.122 e. The molecule has 0 spiro atoms. The number of hydrogen-bond donors (Lipinski definition) is 1. The van der Waals surface area contributed by atoms with Gasteiger partial charge in [-0.3, -0.25) is 4.98 Å². The summed E-state index contributed by atoms with van der Waals surface area (Å²) < 4.78 is 6.73. The number of aromatic nitrogens is 1. The van der Waals surface area contributed by atoms with E-state index in [1.165, 1.54) is 0 Å². The maximum absolute atomic E-state index is 5.82. The van der Waals surface area contributed by atoms with E-state index >= 15 is 0 Å². The molecule has 3 rings (SSSR count). The summed E-state index contributed by atoms with van der Waals surface area (Å²) in [6.07, 6.45) is 1.80. The van der Waals surface area contributed by atoms with Gasteiger partial charge in [0.2, 0.25) is 0 Å². The molecule has 0 radical (unpaired) electrons. The molecule has 1 aromatic heterocycles. The number of anilines is 1. The second kappa shape index (κ2) is 5.51. The second-order valence-corrected chi connectivity index (χ2v) is 5.41. The number of hydrogen-bond acceptors (Lipinski definition) is 3. The first-order valence-electron chi connectivity index (χ1n) is 6.24. The molecular weight excluding hydrogens is 316 g/mol. The molecule has 0 saturated heterocycles. The van der Waals surface area contributed by atoms with E-state index in [0.29, 0.717) is 12.3 Å². The third-order valence-corrected chi connectivity index (χ3v) is 3.49. The van der Waals surface area contributed by atoms with Gasteiger partial charge in [-0.2, -0.15) is 0 Å². The van der Waals surface area contributed by atoms with E-state index in [9.17, 15) is 0 Å². The lowest BCUT2D eigenvalue weighted by molar-refractivity contribution is 0.307. The molecule has 0 aliphatic rings. The van der Waals surface area contributed by atoms with E-state index in [-0.39, 0.29) is 0 Å². The molecular formula is C16H13BrN2O. The molecule has 20 heavy (non-hydrogen) atoms. The first kappa shape index (κ1) is 12.9. The Balaban J connectivity index is 1.87. The van der Waals surface area contributed by atoms with Crippen LogP contribution in [0.5, 0.6) is 5.75 Å². The van der Waals surface area contributed by atoms with Gasteiger partial charge in [-0.15, -0.1) is 0 Å². The number of benzene rings is 2. The topological polar surface area (TPSA) is 48.1 Å². The van der Waals surface area contributed by atoms with Crippen molar-refractivity contribution >= 4 is 32.5 Å². The second-order valence-electron chi connectivity index (χ2n) is 4.50. The largest absolute Gasteiger partial charge is 0.489 e. The van der Waals surface area contributed by atoms with E-state index in [0.717, 1.165) is 26.7 Å². The van der Waals surface area contributed by atoms with Crippen molar-refractivity contribution in [1.29, 1.82) is 0 Å². The van der Waals surface area contributed by atoms with Crippen molar-refractivity contribution in [2.45, 2.75) is 6.61 Å². The van der Waals surface area contributed by atoms with E-state index in [4.69, 9.17) is 10.5 Å². The van der Waals surface area contributed by atoms with Gasteiger partial charge in [0.25, 0.3) is 0 Å². The van der Waals surface area contributed by atoms with Gasteiger partial charge in [0.1, 0.15) is 12.4 Å². The highest BCUT2D eigenvalue weighted by atomic mass is 79.9. The first-order chi connectivity index (χ1) is 9.72. The van der Waals surface area contributed by atoms with Crippen molar-refractivity contribution in [1.82, 2.24) is 4.98 Å². The van der Waals surface area contributed by atoms with Gasteiger partial charge >= 0.3 is 0 Å². The number of halogens is 1. The molecule has 100 valence electrons. The van der Waals surface area contributed by atoms with Crippen LogP contribution in [-0.2, 0) is 6.61 Å². The minimum Gasteiger partial charge on any atom is -0.489 e. The van der Waals surface area contributed by atoms with Crippen LogP contribution in [-0.4, -0.2) is 4.98 Å². The maximum Gasteiger partial charge on any atom is 0.122 e. The maximum atomic E-state index is 5.82. The summed E-state index contributed by atoms with van der Waals surface area (Å²) in [5.74, 6) is 0.748. The van der Waals surface area contributed by atoms with E-state index in [1.807, 2.05) is 42.5 Å². The average Bonchev–Trinajstić information content (AvgIpc) is 2.44. The Kier molecular flexibility index (Phi) is 3.56. The van der Waals surface area contributed by atoms with Crippen LogP contribution in [0.2, 0.25) is 0 Å². The van der Waals surface area contributed by atoms with Gasteiger partial charge in [0.15, 0.2) is 0 Å². The van der Waals surface area contributed by atoms with Crippen LogP contribution in [0.25, 0.3) is 10.9 Å². The van der Waals surface area contributed by atoms with E-state index < -0.39 is 0 Å². The number of nitrogens with two attached hydrogens (primary N) is 1. The van der Waals surface area contributed by atoms with Crippen molar-refractivity contribution in [3.05, 3.63) is 64.8 Å². The van der Waals surface area contributed by atoms with E-state index in [1.54, 1.807) is 6.20 Å². The Hall–Kier alpha value is -2.07. The van der Waals surface area contributed by atoms with Crippen molar-refractivity contribution in [2.75, 3.05) is 5.73 Å². The zero-order valence-corrected chi connectivity index (χ0v) is 12.3. The fraction of sp³-hybridized carbons (Fsp3) is 0.0625. The van der Waals surface area contributed by atoms with Crippen LogP contribution >= 0.6 is 15.9 Å². The summed E-state index contributed by atoms with van der Waals surface area (Å²) in [6, 6.07) is 15.6. The molecule has 0 bridgehead atoms. The summed E-state index contributed by atoms with van der Waals surface area (Å²) in [5, 5.41) is 1.11. The van der Waals surface area contributed by atoms with Crippen LogP contribution < -0.4 is 10.5 Å².